The van der Waals surface area contributed by atoms with Crippen molar-refractivity contribution in [3.63, 3.8) is 0 Å². The van der Waals surface area contributed by atoms with Crippen LogP contribution in [0.25, 0.3) is 0 Å². The highest BCUT2D eigenvalue weighted by Crippen LogP contribution is 2.16. The zero-order valence-corrected chi connectivity index (χ0v) is 10.3. The van der Waals surface area contributed by atoms with Crippen LogP contribution in [0.4, 0.5) is 5.13 Å². The minimum Gasteiger partial charge on any atom is -0.356 e. The lowest BCUT2D eigenvalue weighted by Crippen LogP contribution is -2.04. The summed E-state index contributed by atoms with van der Waals surface area (Å²) in [6, 6.07) is 4.10. The average molecular weight is 233 g/mol. The molecule has 2 aromatic heterocycles. The Labute approximate surface area is 99.6 Å². The predicted octanol–water partition coefficient (Wildman–Crippen LogP) is 3.02. The molecule has 2 rings (SSSR count). The molecule has 0 unspecified atom stereocenters. The Hall–Kier alpha value is -1.42. The van der Waals surface area contributed by atoms with Gasteiger partial charge in [-0.1, -0.05) is 13.0 Å². The van der Waals surface area contributed by atoms with Crippen molar-refractivity contribution < 1.29 is 0 Å². The average Bonchev–Trinajstić information content (AvgIpc) is 2.73. The number of anilines is 1. The van der Waals surface area contributed by atoms with E-state index >= 15 is 0 Å². The van der Waals surface area contributed by atoms with Crippen LogP contribution in [0.2, 0.25) is 0 Å². The van der Waals surface area contributed by atoms with Crippen LogP contribution in [0.1, 0.15) is 23.9 Å². The van der Waals surface area contributed by atoms with E-state index in [1.807, 2.05) is 24.6 Å². The van der Waals surface area contributed by atoms with E-state index in [9.17, 15) is 0 Å². The monoisotopic (exact) mass is 233 g/mol. The molecule has 3 nitrogen and oxygen atoms in total. The maximum Gasteiger partial charge on any atom is 0.183 e. The fourth-order valence-corrected chi connectivity index (χ4v) is 2.23. The molecule has 0 atom stereocenters. The molecule has 0 saturated heterocycles. The number of nitrogens with zero attached hydrogens (tertiary/aromatic N) is 2. The normalized spacial score (nSPS) is 10.4. The van der Waals surface area contributed by atoms with E-state index in [1.54, 1.807) is 11.3 Å². The van der Waals surface area contributed by atoms with Crippen LogP contribution >= 0.6 is 11.3 Å². The van der Waals surface area contributed by atoms with Gasteiger partial charge >= 0.3 is 0 Å². The quantitative estimate of drug-likeness (QED) is 0.882. The lowest BCUT2D eigenvalue weighted by atomic mass is 10.1. The number of hydrogen-bond donors (Lipinski definition) is 1. The summed E-state index contributed by atoms with van der Waals surface area (Å²) >= 11 is 1.63. The van der Waals surface area contributed by atoms with E-state index in [1.165, 1.54) is 5.56 Å². The van der Waals surface area contributed by atoms with Gasteiger partial charge < -0.3 is 5.32 Å². The van der Waals surface area contributed by atoms with E-state index in [4.69, 9.17) is 0 Å². The predicted molar refractivity (Wildman–Crippen MR) is 67.8 cm³/mol. The second kappa shape index (κ2) is 5.07. The third-order valence-electron chi connectivity index (χ3n) is 2.39. The molecule has 2 heterocycles. The summed E-state index contributed by atoms with van der Waals surface area (Å²) in [5, 5.41) is 6.31. The Balaban J connectivity index is 2.04. The zero-order valence-electron chi connectivity index (χ0n) is 9.53. The molecule has 0 fully saturated rings. The first-order valence-corrected chi connectivity index (χ1v) is 6.26. The molecule has 16 heavy (non-hydrogen) atoms. The molecule has 2 aromatic rings. The highest BCUT2D eigenvalue weighted by Gasteiger charge is 2.02. The van der Waals surface area contributed by atoms with Crippen LogP contribution in [-0.4, -0.2) is 9.97 Å². The van der Waals surface area contributed by atoms with Crippen molar-refractivity contribution in [3.05, 3.63) is 40.7 Å². The highest BCUT2D eigenvalue weighted by atomic mass is 32.1. The van der Waals surface area contributed by atoms with Gasteiger partial charge in [0.05, 0.1) is 17.9 Å². The lowest BCUT2D eigenvalue weighted by molar-refractivity contribution is 0.968. The summed E-state index contributed by atoms with van der Waals surface area (Å²) in [7, 11) is 0. The molecule has 0 aliphatic rings. The first-order chi connectivity index (χ1) is 7.79. The van der Waals surface area contributed by atoms with E-state index in [0.29, 0.717) is 0 Å². The molecule has 0 bridgehead atoms. The smallest absolute Gasteiger partial charge is 0.183 e. The first kappa shape index (κ1) is 11.1. The molecule has 0 aliphatic carbocycles. The van der Waals surface area contributed by atoms with Gasteiger partial charge in [-0.15, -0.1) is 11.3 Å². The van der Waals surface area contributed by atoms with Crippen molar-refractivity contribution in [2.45, 2.75) is 26.8 Å². The van der Waals surface area contributed by atoms with Gasteiger partial charge in [0.25, 0.3) is 0 Å². The molecule has 84 valence electrons. The largest absolute Gasteiger partial charge is 0.356 e. The molecule has 0 saturated carbocycles. The van der Waals surface area contributed by atoms with Crippen LogP contribution in [-0.2, 0) is 13.0 Å². The van der Waals surface area contributed by atoms with Crippen molar-refractivity contribution in [1.29, 1.82) is 0 Å². The Morgan fingerprint density at radius 3 is 3.00 bits per heavy atom. The van der Waals surface area contributed by atoms with E-state index in [2.05, 4.69) is 28.3 Å². The fourth-order valence-electron chi connectivity index (χ4n) is 1.55. The molecular formula is C12H15N3S. The zero-order chi connectivity index (χ0) is 11.4. The maximum atomic E-state index is 4.39. The molecule has 1 N–H and O–H groups in total. The summed E-state index contributed by atoms with van der Waals surface area (Å²) in [6.45, 7) is 4.89. The molecule has 0 aromatic carbocycles. The summed E-state index contributed by atoms with van der Waals surface area (Å²) < 4.78 is 0. The van der Waals surface area contributed by atoms with Crippen LogP contribution in [0, 0.1) is 6.92 Å². The summed E-state index contributed by atoms with van der Waals surface area (Å²) in [6.07, 6.45) is 2.85. The third kappa shape index (κ3) is 2.58. The fraction of sp³-hybridized carbons (Fsp3) is 0.333. The SMILES string of the molecule is CCc1cccnc1CNc1nc(C)cs1. The second-order valence-electron chi connectivity index (χ2n) is 3.61. The van der Waals surface area contributed by atoms with E-state index in [0.717, 1.165) is 29.5 Å². The number of hydrogen-bond acceptors (Lipinski definition) is 4. The minimum atomic E-state index is 0.747. The Morgan fingerprint density at radius 2 is 2.31 bits per heavy atom. The lowest BCUT2D eigenvalue weighted by Gasteiger charge is -2.06. The molecule has 0 amide bonds. The van der Waals surface area contributed by atoms with Crippen LogP contribution in [0.5, 0.6) is 0 Å². The van der Waals surface area contributed by atoms with Gasteiger partial charge in [-0.05, 0) is 25.0 Å². The van der Waals surface area contributed by atoms with Gasteiger partial charge in [-0.25, -0.2) is 4.98 Å². The molecule has 4 heteroatoms. The number of aromatic nitrogens is 2. The molecular weight excluding hydrogens is 218 g/mol. The summed E-state index contributed by atoms with van der Waals surface area (Å²) in [5.74, 6) is 0. The number of thiazole rings is 1. The third-order valence-corrected chi connectivity index (χ3v) is 3.31. The van der Waals surface area contributed by atoms with E-state index in [-0.39, 0.29) is 0 Å². The van der Waals surface area contributed by atoms with Crippen LogP contribution < -0.4 is 5.32 Å². The van der Waals surface area contributed by atoms with Gasteiger partial charge in [-0.3, -0.25) is 4.98 Å². The Bertz CT molecular complexity index is 465. The highest BCUT2D eigenvalue weighted by molar-refractivity contribution is 7.13. The standard InChI is InChI=1S/C12H15N3S/c1-3-10-5-4-6-13-11(10)7-14-12-15-9(2)8-16-12/h4-6,8H,3,7H2,1-2H3,(H,14,15). The number of rotatable bonds is 4. The molecule has 0 radical (unpaired) electrons. The number of pyridine rings is 1. The van der Waals surface area contributed by atoms with Crippen LogP contribution in [0.15, 0.2) is 23.7 Å². The Morgan fingerprint density at radius 1 is 1.44 bits per heavy atom. The van der Waals surface area contributed by atoms with Gasteiger partial charge in [0.2, 0.25) is 0 Å². The maximum absolute atomic E-state index is 4.39. The summed E-state index contributed by atoms with van der Waals surface area (Å²) in [4.78, 5) is 8.75. The summed E-state index contributed by atoms with van der Waals surface area (Å²) in [5.41, 5.74) is 3.46. The van der Waals surface area contributed by atoms with Gasteiger partial charge in [-0.2, -0.15) is 0 Å². The van der Waals surface area contributed by atoms with Gasteiger partial charge in [0, 0.05) is 11.6 Å². The van der Waals surface area contributed by atoms with Crippen molar-refractivity contribution >= 4 is 16.5 Å². The second-order valence-corrected chi connectivity index (χ2v) is 4.47. The number of aryl methyl sites for hydroxylation is 2. The Kier molecular flexibility index (Phi) is 3.51. The van der Waals surface area contributed by atoms with Crippen molar-refractivity contribution in [3.8, 4) is 0 Å². The van der Waals surface area contributed by atoms with E-state index < -0.39 is 0 Å². The van der Waals surface area contributed by atoms with Gasteiger partial charge in [0.15, 0.2) is 5.13 Å². The topological polar surface area (TPSA) is 37.8 Å². The van der Waals surface area contributed by atoms with Crippen molar-refractivity contribution in [2.75, 3.05) is 5.32 Å². The molecule has 0 spiro atoms. The molecule has 0 aliphatic heterocycles. The van der Waals surface area contributed by atoms with Crippen molar-refractivity contribution in [1.82, 2.24) is 9.97 Å². The van der Waals surface area contributed by atoms with Crippen LogP contribution in [0.3, 0.4) is 0 Å². The number of nitrogens with one attached hydrogen (secondary N) is 1. The first-order valence-electron chi connectivity index (χ1n) is 5.38. The minimum absolute atomic E-state index is 0.747. The van der Waals surface area contributed by atoms with Crippen molar-refractivity contribution in [2.24, 2.45) is 0 Å². The van der Waals surface area contributed by atoms with Gasteiger partial charge in [0.1, 0.15) is 0 Å².